The van der Waals surface area contributed by atoms with Crippen LogP contribution in [0.1, 0.15) is 33.3 Å². The zero-order valence-electron chi connectivity index (χ0n) is 17.2. The second kappa shape index (κ2) is 8.38. The number of benzene rings is 1. The van der Waals surface area contributed by atoms with Gasteiger partial charge in [-0.05, 0) is 39.3 Å². The molecule has 1 aromatic carbocycles. The number of rotatable bonds is 6. The zero-order chi connectivity index (χ0) is 21.0. The molecule has 2 aromatic heterocycles. The van der Waals surface area contributed by atoms with Crippen LogP contribution in [0.5, 0.6) is 0 Å². The van der Waals surface area contributed by atoms with Gasteiger partial charge in [0.2, 0.25) is 0 Å². The molecule has 2 heterocycles. The molecule has 154 valence electrons. The van der Waals surface area contributed by atoms with Crippen LogP contribution in [0.2, 0.25) is 0 Å². The Bertz CT molecular complexity index is 972. The van der Waals surface area contributed by atoms with E-state index in [-0.39, 0.29) is 5.91 Å². The number of H-pyrrole nitrogens is 2. The van der Waals surface area contributed by atoms with Crippen molar-refractivity contribution in [3.63, 3.8) is 0 Å². The van der Waals surface area contributed by atoms with Gasteiger partial charge in [0.25, 0.3) is 5.91 Å². The summed E-state index contributed by atoms with van der Waals surface area (Å²) < 4.78 is 5.38. The summed E-state index contributed by atoms with van der Waals surface area (Å²) in [7, 11) is 0. The van der Waals surface area contributed by atoms with E-state index < -0.39 is 17.7 Å². The van der Waals surface area contributed by atoms with Crippen molar-refractivity contribution in [1.82, 2.24) is 20.3 Å². The van der Waals surface area contributed by atoms with Gasteiger partial charge in [-0.1, -0.05) is 18.2 Å². The number of nitrogens with one attached hydrogen (secondary N) is 3. The first-order chi connectivity index (χ1) is 13.8. The molecule has 0 radical (unpaired) electrons. The molecule has 3 N–H and O–H groups in total. The SMILES string of the molecule is CCN(C(=O)C(Cc1c[nH]c2ccccc12)NC(=O)OC(C)(C)C)c1cnc[nH]1. The lowest BCUT2D eigenvalue weighted by molar-refractivity contribution is -0.120. The Balaban J connectivity index is 1.88. The normalized spacial score (nSPS) is 12.6. The average Bonchev–Trinajstić information content (AvgIpc) is 3.31. The van der Waals surface area contributed by atoms with Gasteiger partial charge in [-0.3, -0.25) is 9.69 Å². The fourth-order valence-electron chi connectivity index (χ4n) is 3.20. The molecule has 0 aliphatic carbocycles. The summed E-state index contributed by atoms with van der Waals surface area (Å²) in [5, 5.41) is 3.77. The molecule has 0 aliphatic rings. The summed E-state index contributed by atoms with van der Waals surface area (Å²) in [4.78, 5) is 37.5. The Labute approximate surface area is 169 Å². The van der Waals surface area contributed by atoms with Crippen LogP contribution in [-0.4, -0.2) is 45.1 Å². The van der Waals surface area contributed by atoms with E-state index in [2.05, 4.69) is 20.3 Å². The van der Waals surface area contributed by atoms with Gasteiger partial charge in [0.15, 0.2) is 0 Å². The van der Waals surface area contributed by atoms with E-state index in [9.17, 15) is 9.59 Å². The second-order valence-electron chi connectivity index (χ2n) is 7.78. The lowest BCUT2D eigenvalue weighted by Crippen LogP contribution is -2.51. The van der Waals surface area contributed by atoms with Crippen LogP contribution < -0.4 is 10.2 Å². The maximum atomic E-state index is 13.3. The number of hydrogen-bond donors (Lipinski definition) is 3. The summed E-state index contributed by atoms with van der Waals surface area (Å²) in [6.07, 6.45) is 4.66. The van der Waals surface area contributed by atoms with Crippen LogP contribution in [0.4, 0.5) is 10.6 Å². The monoisotopic (exact) mass is 397 g/mol. The van der Waals surface area contributed by atoms with Crippen molar-refractivity contribution in [2.24, 2.45) is 0 Å². The van der Waals surface area contributed by atoms with E-state index in [1.54, 1.807) is 31.9 Å². The molecule has 0 bridgehead atoms. The number of anilines is 1. The summed E-state index contributed by atoms with van der Waals surface area (Å²) in [6, 6.07) is 7.05. The van der Waals surface area contributed by atoms with E-state index in [1.165, 1.54) is 6.33 Å². The number of nitrogens with zero attached hydrogens (tertiary/aromatic N) is 2. The predicted molar refractivity (Wildman–Crippen MR) is 112 cm³/mol. The van der Waals surface area contributed by atoms with Crippen molar-refractivity contribution < 1.29 is 14.3 Å². The van der Waals surface area contributed by atoms with Crippen LogP contribution in [-0.2, 0) is 16.0 Å². The largest absolute Gasteiger partial charge is 0.444 e. The molecule has 0 saturated heterocycles. The maximum Gasteiger partial charge on any atom is 0.408 e. The fourth-order valence-corrected chi connectivity index (χ4v) is 3.20. The number of carbonyl (C=O) groups excluding carboxylic acids is 2. The van der Waals surface area contributed by atoms with E-state index in [0.29, 0.717) is 18.8 Å². The average molecular weight is 397 g/mol. The molecule has 1 atom stereocenters. The van der Waals surface area contributed by atoms with Gasteiger partial charge < -0.3 is 20.0 Å². The maximum absolute atomic E-state index is 13.3. The van der Waals surface area contributed by atoms with Gasteiger partial charge in [0.05, 0.1) is 12.5 Å². The van der Waals surface area contributed by atoms with E-state index in [0.717, 1.165) is 16.5 Å². The second-order valence-corrected chi connectivity index (χ2v) is 7.78. The van der Waals surface area contributed by atoms with Crippen LogP contribution in [0, 0.1) is 0 Å². The fraction of sp³-hybridized carbons (Fsp3) is 0.381. The summed E-state index contributed by atoms with van der Waals surface area (Å²) in [5.74, 6) is 0.334. The number of hydrogen-bond acceptors (Lipinski definition) is 4. The third kappa shape index (κ3) is 4.96. The Hall–Kier alpha value is -3.29. The molecular formula is C21H27N5O3. The smallest absolute Gasteiger partial charge is 0.408 e. The number of ether oxygens (including phenoxy) is 1. The van der Waals surface area contributed by atoms with Gasteiger partial charge in [-0.2, -0.15) is 0 Å². The third-order valence-corrected chi connectivity index (χ3v) is 4.44. The molecule has 0 spiro atoms. The lowest BCUT2D eigenvalue weighted by Gasteiger charge is -2.27. The number of para-hydroxylation sites is 1. The topological polar surface area (TPSA) is 103 Å². The summed E-state index contributed by atoms with van der Waals surface area (Å²) >= 11 is 0. The van der Waals surface area contributed by atoms with Gasteiger partial charge in [0.1, 0.15) is 17.5 Å². The Morgan fingerprint density at radius 1 is 1.24 bits per heavy atom. The van der Waals surface area contributed by atoms with E-state index >= 15 is 0 Å². The van der Waals surface area contributed by atoms with Gasteiger partial charge in [-0.25, -0.2) is 9.78 Å². The Kier molecular flexibility index (Phi) is 5.91. The lowest BCUT2D eigenvalue weighted by atomic mass is 10.0. The number of aromatic nitrogens is 3. The van der Waals surface area contributed by atoms with E-state index in [1.807, 2.05) is 37.4 Å². The molecule has 8 nitrogen and oxygen atoms in total. The molecule has 0 saturated carbocycles. The highest BCUT2D eigenvalue weighted by molar-refractivity contribution is 5.98. The molecule has 1 unspecified atom stereocenters. The zero-order valence-corrected chi connectivity index (χ0v) is 17.2. The molecule has 8 heteroatoms. The van der Waals surface area contributed by atoms with Crippen LogP contribution >= 0.6 is 0 Å². The van der Waals surface area contributed by atoms with Gasteiger partial charge >= 0.3 is 6.09 Å². The Morgan fingerprint density at radius 2 is 2.00 bits per heavy atom. The minimum Gasteiger partial charge on any atom is -0.444 e. The first kappa shape index (κ1) is 20.4. The number of likely N-dealkylation sites (N-methyl/N-ethyl adjacent to an activating group) is 1. The summed E-state index contributed by atoms with van der Waals surface area (Å²) in [6.45, 7) is 7.65. The van der Waals surface area contributed by atoms with Crippen LogP contribution in [0.25, 0.3) is 10.9 Å². The number of aromatic amines is 2. The molecule has 0 aliphatic heterocycles. The van der Waals surface area contributed by atoms with Crippen molar-refractivity contribution >= 4 is 28.7 Å². The number of fused-ring (bicyclic) bond motifs is 1. The van der Waals surface area contributed by atoms with Crippen LogP contribution in [0.15, 0.2) is 43.0 Å². The highest BCUT2D eigenvalue weighted by Crippen LogP contribution is 2.21. The van der Waals surface area contributed by atoms with Crippen molar-refractivity contribution in [3.8, 4) is 0 Å². The molecular weight excluding hydrogens is 370 g/mol. The highest BCUT2D eigenvalue weighted by atomic mass is 16.6. The quantitative estimate of drug-likeness (QED) is 0.593. The minimum atomic E-state index is -0.799. The predicted octanol–water partition coefficient (Wildman–Crippen LogP) is 3.38. The molecule has 29 heavy (non-hydrogen) atoms. The van der Waals surface area contributed by atoms with Crippen molar-refractivity contribution in [2.75, 3.05) is 11.4 Å². The molecule has 3 aromatic rings. The number of carbonyl (C=O) groups is 2. The minimum absolute atomic E-state index is 0.243. The molecule has 0 fully saturated rings. The van der Waals surface area contributed by atoms with Crippen molar-refractivity contribution in [3.05, 3.63) is 48.5 Å². The first-order valence-corrected chi connectivity index (χ1v) is 9.62. The number of alkyl carbamates (subject to hydrolysis) is 1. The third-order valence-electron chi connectivity index (χ3n) is 4.44. The number of imidazole rings is 1. The van der Waals surface area contributed by atoms with Crippen molar-refractivity contribution in [2.45, 2.75) is 45.8 Å². The molecule has 2 amide bonds. The summed E-state index contributed by atoms with van der Waals surface area (Å²) in [5.41, 5.74) is 1.26. The van der Waals surface area contributed by atoms with Crippen molar-refractivity contribution in [1.29, 1.82) is 0 Å². The van der Waals surface area contributed by atoms with Gasteiger partial charge in [0, 0.05) is 30.1 Å². The van der Waals surface area contributed by atoms with Gasteiger partial charge in [-0.15, -0.1) is 0 Å². The number of amides is 2. The standard InChI is InChI=1S/C21H27N5O3/c1-5-26(18-12-22-13-24-18)19(27)17(25-20(28)29-21(2,3)4)10-14-11-23-16-9-7-6-8-15(14)16/h6-9,11-13,17,23H,5,10H2,1-4H3,(H,22,24)(H,25,28). The van der Waals surface area contributed by atoms with Crippen LogP contribution in [0.3, 0.4) is 0 Å². The first-order valence-electron chi connectivity index (χ1n) is 9.62. The Morgan fingerprint density at radius 3 is 2.66 bits per heavy atom. The van der Waals surface area contributed by atoms with E-state index in [4.69, 9.17) is 4.74 Å². The highest BCUT2D eigenvalue weighted by Gasteiger charge is 2.29. The molecule has 3 rings (SSSR count).